The van der Waals surface area contributed by atoms with Gasteiger partial charge in [-0.1, -0.05) is 23.7 Å². The van der Waals surface area contributed by atoms with Crippen molar-refractivity contribution in [1.82, 2.24) is 4.98 Å². The molecule has 2 rings (SSSR count). The third-order valence-electron chi connectivity index (χ3n) is 2.77. The van der Waals surface area contributed by atoms with Crippen molar-refractivity contribution < 1.29 is 27.5 Å². The molecule has 0 aliphatic rings. The van der Waals surface area contributed by atoms with Gasteiger partial charge in [0.2, 0.25) is 0 Å². The number of hydrogen-bond donors (Lipinski definition) is 1. The molecule has 1 heterocycles. The van der Waals surface area contributed by atoms with E-state index in [9.17, 15) is 22.8 Å². The van der Waals surface area contributed by atoms with Crippen LogP contribution < -0.4 is 5.32 Å². The van der Waals surface area contributed by atoms with Crippen LogP contribution in [-0.2, 0) is 15.7 Å². The first-order chi connectivity index (χ1) is 11.3. The molecule has 1 aromatic carbocycles. The topological polar surface area (TPSA) is 68.3 Å². The van der Waals surface area contributed by atoms with Crippen LogP contribution in [0, 0.1) is 0 Å². The predicted molar refractivity (Wildman–Crippen MR) is 79.6 cm³/mol. The zero-order chi connectivity index (χ0) is 17.7. The average molecular weight is 359 g/mol. The number of anilines is 1. The molecule has 1 amide bonds. The maximum Gasteiger partial charge on any atom is 0.418 e. The first-order valence-electron chi connectivity index (χ1n) is 6.52. The number of nitrogens with zero attached hydrogens (tertiary/aromatic N) is 1. The lowest BCUT2D eigenvalue weighted by molar-refractivity contribution is -0.137. The fraction of sp³-hybridized carbons (Fsp3) is 0.133. The second kappa shape index (κ2) is 7.31. The molecule has 0 bridgehead atoms. The number of benzene rings is 1. The molecule has 0 fully saturated rings. The van der Waals surface area contributed by atoms with Gasteiger partial charge >= 0.3 is 12.1 Å². The second-order valence-corrected chi connectivity index (χ2v) is 4.96. The van der Waals surface area contributed by atoms with E-state index in [1.54, 1.807) is 0 Å². The summed E-state index contributed by atoms with van der Waals surface area (Å²) in [6, 6.07) is 7.15. The summed E-state index contributed by atoms with van der Waals surface area (Å²) in [6.07, 6.45) is -3.34. The van der Waals surface area contributed by atoms with E-state index < -0.39 is 35.9 Å². The third kappa shape index (κ3) is 4.69. The Morgan fingerprint density at radius 3 is 2.58 bits per heavy atom. The summed E-state index contributed by atoms with van der Waals surface area (Å²) in [7, 11) is 0. The highest BCUT2D eigenvalue weighted by Gasteiger charge is 2.33. The summed E-state index contributed by atoms with van der Waals surface area (Å²) in [6.45, 7) is -0.765. The standard InChI is InChI=1S/C15H10ClF3N2O3/c16-9-5-6-20-12(7-9)14(23)24-8-13(22)21-11-4-2-1-3-10(11)15(17,18)19/h1-7H,8H2,(H,21,22). The molecule has 0 aliphatic heterocycles. The molecular formula is C15H10ClF3N2O3. The van der Waals surface area contributed by atoms with Crippen LogP contribution in [0.25, 0.3) is 0 Å². The van der Waals surface area contributed by atoms with Gasteiger partial charge in [0.25, 0.3) is 5.91 Å². The van der Waals surface area contributed by atoms with Crippen molar-refractivity contribution in [2.45, 2.75) is 6.18 Å². The smallest absolute Gasteiger partial charge is 0.418 e. The molecule has 126 valence electrons. The van der Waals surface area contributed by atoms with Crippen LogP contribution in [0.2, 0.25) is 5.02 Å². The summed E-state index contributed by atoms with van der Waals surface area (Å²) < 4.78 is 43.1. The molecule has 1 N–H and O–H groups in total. The van der Waals surface area contributed by atoms with Gasteiger partial charge in [-0.3, -0.25) is 4.79 Å². The Balaban J connectivity index is 1.98. The zero-order valence-corrected chi connectivity index (χ0v) is 12.7. The molecule has 0 radical (unpaired) electrons. The lowest BCUT2D eigenvalue weighted by Gasteiger charge is -2.13. The molecule has 0 saturated carbocycles. The molecule has 1 aromatic heterocycles. The largest absolute Gasteiger partial charge is 0.451 e. The van der Waals surface area contributed by atoms with E-state index >= 15 is 0 Å². The van der Waals surface area contributed by atoms with E-state index in [2.05, 4.69) is 15.0 Å². The highest BCUT2D eigenvalue weighted by Crippen LogP contribution is 2.34. The van der Waals surface area contributed by atoms with E-state index in [1.165, 1.54) is 30.5 Å². The number of pyridine rings is 1. The summed E-state index contributed by atoms with van der Waals surface area (Å²) >= 11 is 5.69. The van der Waals surface area contributed by atoms with Crippen molar-refractivity contribution in [3.05, 3.63) is 58.9 Å². The highest BCUT2D eigenvalue weighted by atomic mass is 35.5. The minimum absolute atomic E-state index is 0.119. The van der Waals surface area contributed by atoms with E-state index in [0.717, 1.165) is 12.1 Å². The van der Waals surface area contributed by atoms with Crippen molar-refractivity contribution in [2.24, 2.45) is 0 Å². The highest BCUT2D eigenvalue weighted by molar-refractivity contribution is 6.30. The zero-order valence-electron chi connectivity index (χ0n) is 11.9. The van der Waals surface area contributed by atoms with E-state index in [0.29, 0.717) is 0 Å². The third-order valence-corrected chi connectivity index (χ3v) is 3.01. The Hall–Kier alpha value is -2.61. The summed E-state index contributed by atoms with van der Waals surface area (Å²) in [5, 5.41) is 2.30. The number of carbonyl (C=O) groups is 2. The molecule has 5 nitrogen and oxygen atoms in total. The Morgan fingerprint density at radius 2 is 1.92 bits per heavy atom. The summed E-state index contributed by atoms with van der Waals surface area (Å²) in [4.78, 5) is 27.1. The van der Waals surface area contributed by atoms with Crippen LogP contribution >= 0.6 is 11.6 Å². The maximum absolute atomic E-state index is 12.8. The first kappa shape index (κ1) is 17.7. The van der Waals surface area contributed by atoms with Gasteiger partial charge in [0.1, 0.15) is 5.69 Å². The minimum atomic E-state index is -4.62. The van der Waals surface area contributed by atoms with Gasteiger partial charge in [0.05, 0.1) is 11.3 Å². The number of halogens is 4. The van der Waals surface area contributed by atoms with Crippen LogP contribution in [0.15, 0.2) is 42.6 Å². The van der Waals surface area contributed by atoms with Gasteiger partial charge in [-0.25, -0.2) is 9.78 Å². The van der Waals surface area contributed by atoms with E-state index in [-0.39, 0.29) is 10.7 Å². The number of hydrogen-bond acceptors (Lipinski definition) is 4. The van der Waals surface area contributed by atoms with Crippen molar-refractivity contribution >= 4 is 29.2 Å². The second-order valence-electron chi connectivity index (χ2n) is 4.53. The van der Waals surface area contributed by atoms with Gasteiger partial charge in [-0.2, -0.15) is 13.2 Å². The summed E-state index contributed by atoms with van der Waals surface area (Å²) in [5.41, 5.74) is -1.54. The molecular weight excluding hydrogens is 349 g/mol. The maximum atomic E-state index is 12.8. The molecule has 0 unspecified atom stereocenters. The lowest BCUT2D eigenvalue weighted by atomic mass is 10.1. The number of nitrogens with one attached hydrogen (secondary N) is 1. The van der Waals surface area contributed by atoms with Crippen molar-refractivity contribution in [2.75, 3.05) is 11.9 Å². The minimum Gasteiger partial charge on any atom is -0.451 e. The number of carbonyl (C=O) groups excluding carboxylic acids is 2. The van der Waals surface area contributed by atoms with Gasteiger partial charge < -0.3 is 10.1 Å². The Labute approximate surface area is 139 Å². The van der Waals surface area contributed by atoms with Gasteiger partial charge in [-0.15, -0.1) is 0 Å². The molecule has 0 aliphatic carbocycles. The monoisotopic (exact) mass is 358 g/mol. The number of aromatic nitrogens is 1. The lowest BCUT2D eigenvalue weighted by Crippen LogP contribution is -2.23. The molecule has 0 saturated heterocycles. The van der Waals surface area contributed by atoms with Crippen molar-refractivity contribution in [3.63, 3.8) is 0 Å². The number of ether oxygens (including phenoxy) is 1. The average Bonchev–Trinajstić information content (AvgIpc) is 2.52. The number of esters is 1. The molecule has 0 spiro atoms. The molecule has 24 heavy (non-hydrogen) atoms. The fourth-order valence-corrected chi connectivity index (χ4v) is 1.91. The normalized spacial score (nSPS) is 11.0. The number of alkyl halides is 3. The fourth-order valence-electron chi connectivity index (χ4n) is 1.75. The number of amides is 1. The van der Waals surface area contributed by atoms with Gasteiger partial charge in [0.15, 0.2) is 6.61 Å². The van der Waals surface area contributed by atoms with Crippen LogP contribution in [0.5, 0.6) is 0 Å². The summed E-state index contributed by atoms with van der Waals surface area (Å²) in [5.74, 6) is -1.83. The molecule has 9 heteroatoms. The predicted octanol–water partition coefficient (Wildman–Crippen LogP) is 3.55. The van der Waals surface area contributed by atoms with Crippen molar-refractivity contribution in [1.29, 1.82) is 0 Å². The van der Waals surface area contributed by atoms with Crippen LogP contribution in [0.1, 0.15) is 16.1 Å². The molecule has 2 aromatic rings. The van der Waals surface area contributed by atoms with Crippen molar-refractivity contribution in [3.8, 4) is 0 Å². The van der Waals surface area contributed by atoms with Crippen LogP contribution in [-0.4, -0.2) is 23.5 Å². The van der Waals surface area contributed by atoms with Gasteiger partial charge in [0, 0.05) is 11.2 Å². The first-order valence-corrected chi connectivity index (χ1v) is 6.90. The van der Waals surface area contributed by atoms with E-state index in [1.807, 2.05) is 0 Å². The number of rotatable bonds is 4. The quantitative estimate of drug-likeness (QED) is 0.849. The van der Waals surface area contributed by atoms with Crippen LogP contribution in [0.4, 0.5) is 18.9 Å². The molecule has 0 atom stereocenters. The Kier molecular flexibility index (Phi) is 5.40. The van der Waals surface area contributed by atoms with Gasteiger partial charge in [-0.05, 0) is 24.3 Å². The SMILES string of the molecule is O=C(COC(=O)c1cc(Cl)ccn1)Nc1ccccc1C(F)(F)F. The Bertz CT molecular complexity index is 766. The number of para-hydroxylation sites is 1. The van der Waals surface area contributed by atoms with Crippen LogP contribution in [0.3, 0.4) is 0 Å². The van der Waals surface area contributed by atoms with E-state index in [4.69, 9.17) is 11.6 Å². The Morgan fingerprint density at radius 1 is 1.21 bits per heavy atom.